The van der Waals surface area contributed by atoms with Gasteiger partial charge < -0.3 is 14.4 Å². The third-order valence-corrected chi connectivity index (χ3v) is 6.62. The average molecular weight is 466 g/mol. The van der Waals surface area contributed by atoms with Gasteiger partial charge in [-0.15, -0.1) is 0 Å². The van der Waals surface area contributed by atoms with Crippen LogP contribution in [0.4, 0.5) is 13.2 Å². The zero-order chi connectivity index (χ0) is 23.8. The second-order valence-corrected chi connectivity index (χ2v) is 9.38. The van der Waals surface area contributed by atoms with E-state index in [1.807, 2.05) is 4.57 Å². The summed E-state index contributed by atoms with van der Waals surface area (Å²) < 4.78 is 48.0. The number of alkyl halides is 2. The van der Waals surface area contributed by atoms with Crippen LogP contribution in [-0.4, -0.2) is 31.2 Å². The molecule has 4 aromatic rings. The van der Waals surface area contributed by atoms with Crippen LogP contribution in [0, 0.1) is 11.7 Å². The molecule has 2 aliphatic rings. The van der Waals surface area contributed by atoms with Crippen molar-refractivity contribution in [2.75, 3.05) is 0 Å². The fourth-order valence-corrected chi connectivity index (χ4v) is 5.04. The van der Waals surface area contributed by atoms with Gasteiger partial charge in [-0.05, 0) is 38.3 Å². The predicted molar refractivity (Wildman–Crippen MR) is 118 cm³/mol. The molecule has 9 heteroatoms. The van der Waals surface area contributed by atoms with Crippen LogP contribution in [0.15, 0.2) is 48.8 Å². The van der Waals surface area contributed by atoms with Crippen molar-refractivity contribution in [3.05, 3.63) is 71.8 Å². The highest BCUT2D eigenvalue weighted by Crippen LogP contribution is 2.63. The molecule has 0 amide bonds. The van der Waals surface area contributed by atoms with Crippen molar-refractivity contribution < 1.29 is 23.0 Å². The van der Waals surface area contributed by atoms with E-state index in [-0.39, 0.29) is 29.5 Å². The van der Waals surface area contributed by atoms with Gasteiger partial charge >= 0.3 is 6.61 Å². The number of imidazole rings is 1. The first-order chi connectivity index (χ1) is 16.2. The Balaban J connectivity index is 1.48. The Morgan fingerprint density at radius 1 is 1.15 bits per heavy atom. The number of para-hydroxylation sites is 1. The first-order valence-electron chi connectivity index (χ1n) is 11.0. The molecule has 3 atom stereocenters. The van der Waals surface area contributed by atoms with Crippen molar-refractivity contribution >= 4 is 11.0 Å². The smallest absolute Gasteiger partial charge is 0.387 e. The van der Waals surface area contributed by atoms with E-state index >= 15 is 4.39 Å². The van der Waals surface area contributed by atoms with E-state index in [2.05, 4.69) is 9.97 Å². The van der Waals surface area contributed by atoms with Crippen molar-refractivity contribution in [2.45, 2.75) is 44.4 Å². The highest BCUT2D eigenvalue weighted by Gasteiger charge is 2.55. The van der Waals surface area contributed by atoms with Crippen LogP contribution in [0.5, 0.6) is 5.75 Å². The Morgan fingerprint density at radius 3 is 2.59 bits per heavy atom. The number of rotatable bonds is 5. The van der Waals surface area contributed by atoms with Crippen molar-refractivity contribution in [3.8, 4) is 16.9 Å². The third kappa shape index (κ3) is 3.26. The van der Waals surface area contributed by atoms with Gasteiger partial charge in [0.2, 0.25) is 0 Å². The van der Waals surface area contributed by atoms with Gasteiger partial charge in [0.15, 0.2) is 5.82 Å². The lowest BCUT2D eigenvalue weighted by atomic mass is 10.0. The quantitative estimate of drug-likeness (QED) is 0.440. The second kappa shape index (κ2) is 7.27. The number of fused-ring (bicyclic) bond motifs is 5. The Hall–Kier alpha value is -3.46. The topological polar surface area (TPSA) is 73.1 Å². The fraction of sp³-hybridized carbons (Fsp3) is 0.320. The van der Waals surface area contributed by atoms with E-state index in [9.17, 15) is 13.9 Å². The van der Waals surface area contributed by atoms with Crippen LogP contribution in [0.3, 0.4) is 0 Å². The van der Waals surface area contributed by atoms with Crippen LogP contribution in [0.1, 0.15) is 49.4 Å². The van der Waals surface area contributed by atoms with Crippen molar-refractivity contribution in [1.29, 1.82) is 0 Å². The van der Waals surface area contributed by atoms with Crippen LogP contribution in [0.2, 0.25) is 0 Å². The number of ether oxygens (including phenoxy) is 1. The maximum atomic E-state index is 15.1. The molecule has 0 unspecified atom stereocenters. The molecule has 2 aromatic heterocycles. The van der Waals surface area contributed by atoms with Gasteiger partial charge in [-0.3, -0.25) is 0 Å². The second-order valence-electron chi connectivity index (χ2n) is 9.38. The monoisotopic (exact) mass is 466 g/mol. The standard InChI is InChI=1S/C25H21F3N4O2/c1-25(2,33)23-29-10-12(11-30-23)14-8-19-18(9-17(14)26)31-22-16-7-15(16)21(32(19)22)13-5-3-4-6-20(13)34-24(27)28/h3-6,8-11,15-16,21,24,33H,7H2,1-2H3/t15-,16+,21-/m0/s1. The highest BCUT2D eigenvalue weighted by molar-refractivity contribution is 5.84. The maximum Gasteiger partial charge on any atom is 0.387 e. The normalized spacial score (nSPS) is 21.1. The summed E-state index contributed by atoms with van der Waals surface area (Å²) in [5, 5.41) is 10.1. The molecule has 1 saturated carbocycles. The summed E-state index contributed by atoms with van der Waals surface area (Å²) in [5.74, 6) is 1.19. The molecule has 1 N–H and O–H groups in total. The third-order valence-electron chi connectivity index (χ3n) is 6.62. The molecule has 174 valence electrons. The molecule has 0 bridgehead atoms. The Kier molecular flexibility index (Phi) is 4.51. The number of halogens is 3. The maximum absolute atomic E-state index is 15.1. The zero-order valence-electron chi connectivity index (χ0n) is 18.4. The lowest BCUT2D eigenvalue weighted by molar-refractivity contribution is -0.0507. The van der Waals surface area contributed by atoms with Crippen molar-refractivity contribution in [1.82, 2.24) is 19.5 Å². The Morgan fingerprint density at radius 2 is 1.88 bits per heavy atom. The van der Waals surface area contributed by atoms with Gasteiger partial charge in [-0.1, -0.05) is 18.2 Å². The summed E-state index contributed by atoms with van der Waals surface area (Å²) in [7, 11) is 0. The van der Waals surface area contributed by atoms with Gasteiger partial charge in [-0.25, -0.2) is 19.3 Å². The van der Waals surface area contributed by atoms with Gasteiger partial charge in [0, 0.05) is 41.1 Å². The van der Waals surface area contributed by atoms with Gasteiger partial charge in [0.25, 0.3) is 0 Å². The van der Waals surface area contributed by atoms with E-state index in [4.69, 9.17) is 9.72 Å². The SMILES string of the molecule is CC(C)(O)c1ncc(-c2cc3c(cc2F)nc2n3[C@@H](c3ccccc3OC(F)F)[C@H]3C[C@@H]23)cn1. The number of benzene rings is 2. The molecular weight excluding hydrogens is 445 g/mol. The minimum atomic E-state index is -2.93. The lowest BCUT2D eigenvalue weighted by Gasteiger charge is -2.21. The molecule has 0 saturated heterocycles. The summed E-state index contributed by atoms with van der Waals surface area (Å²) in [5.41, 5.74) is 1.43. The fourth-order valence-electron chi connectivity index (χ4n) is 5.04. The molecule has 3 heterocycles. The van der Waals surface area contributed by atoms with E-state index in [0.29, 0.717) is 27.7 Å². The molecule has 6 nitrogen and oxygen atoms in total. The average Bonchev–Trinajstić information content (AvgIpc) is 3.39. The van der Waals surface area contributed by atoms with Crippen molar-refractivity contribution in [2.24, 2.45) is 5.92 Å². The lowest BCUT2D eigenvalue weighted by Crippen LogP contribution is -2.19. The molecule has 0 spiro atoms. The zero-order valence-corrected chi connectivity index (χ0v) is 18.4. The number of aromatic nitrogens is 4. The van der Waals surface area contributed by atoms with Crippen LogP contribution >= 0.6 is 0 Å². The minimum absolute atomic E-state index is 0.140. The van der Waals surface area contributed by atoms with Crippen LogP contribution in [0.25, 0.3) is 22.2 Å². The van der Waals surface area contributed by atoms with E-state index in [1.165, 1.54) is 18.5 Å². The number of nitrogens with zero attached hydrogens (tertiary/aromatic N) is 4. The minimum Gasteiger partial charge on any atom is -0.434 e. The highest BCUT2D eigenvalue weighted by atomic mass is 19.3. The molecule has 0 radical (unpaired) electrons. The van der Waals surface area contributed by atoms with Crippen molar-refractivity contribution in [3.63, 3.8) is 0 Å². The largest absolute Gasteiger partial charge is 0.434 e. The summed E-state index contributed by atoms with van der Waals surface area (Å²) in [4.78, 5) is 13.1. The van der Waals surface area contributed by atoms with Gasteiger partial charge in [-0.2, -0.15) is 8.78 Å². The molecule has 6 rings (SSSR count). The summed E-state index contributed by atoms with van der Waals surface area (Å²) >= 11 is 0. The Bertz CT molecular complexity index is 1410. The Labute approximate surface area is 193 Å². The van der Waals surface area contributed by atoms with E-state index in [0.717, 1.165) is 12.2 Å². The van der Waals surface area contributed by atoms with Crippen LogP contribution in [-0.2, 0) is 5.60 Å². The van der Waals surface area contributed by atoms with Crippen LogP contribution < -0.4 is 4.74 Å². The molecule has 1 aliphatic heterocycles. The molecule has 34 heavy (non-hydrogen) atoms. The molecular formula is C25H21F3N4O2. The van der Waals surface area contributed by atoms with Gasteiger partial charge in [0.1, 0.15) is 23.0 Å². The predicted octanol–water partition coefficient (Wildman–Crippen LogP) is 5.17. The first kappa shape index (κ1) is 21.1. The number of hydrogen-bond donors (Lipinski definition) is 1. The molecule has 1 aliphatic carbocycles. The van der Waals surface area contributed by atoms with Gasteiger partial charge in [0.05, 0.1) is 17.1 Å². The first-order valence-corrected chi connectivity index (χ1v) is 11.0. The summed E-state index contributed by atoms with van der Waals surface area (Å²) in [6.07, 6.45) is 3.86. The summed E-state index contributed by atoms with van der Waals surface area (Å²) in [6.45, 7) is 0.223. The summed E-state index contributed by atoms with van der Waals surface area (Å²) in [6, 6.07) is 9.67. The molecule has 2 aromatic carbocycles. The number of hydrogen-bond acceptors (Lipinski definition) is 5. The molecule has 1 fully saturated rings. The van der Waals surface area contributed by atoms with E-state index in [1.54, 1.807) is 44.2 Å². The van der Waals surface area contributed by atoms with E-state index < -0.39 is 18.0 Å². The number of aliphatic hydroxyl groups is 1.